The van der Waals surface area contributed by atoms with Crippen LogP contribution in [0.1, 0.15) is 19.8 Å². The van der Waals surface area contributed by atoms with Crippen molar-refractivity contribution in [2.45, 2.75) is 25.9 Å². The van der Waals surface area contributed by atoms with Gasteiger partial charge in [0.15, 0.2) is 6.29 Å². The molecule has 3 nitrogen and oxygen atoms in total. The van der Waals surface area contributed by atoms with Gasteiger partial charge < -0.3 is 0 Å². The summed E-state index contributed by atoms with van der Waals surface area (Å²) in [5.74, 6) is -2.24. The van der Waals surface area contributed by atoms with E-state index in [9.17, 15) is 27.6 Å². The molecule has 0 amide bonds. The second kappa shape index (κ2) is 4.34. The quantitative estimate of drug-likeness (QED) is 0.636. The highest BCUT2D eigenvalue weighted by Gasteiger charge is 2.52. The molecule has 0 saturated heterocycles. The summed E-state index contributed by atoms with van der Waals surface area (Å²) in [5.41, 5.74) is -2.42. The molecule has 0 aliphatic carbocycles. The van der Waals surface area contributed by atoms with Crippen molar-refractivity contribution in [3.05, 3.63) is 0 Å². The molecule has 0 bridgehead atoms. The Labute approximate surface area is 78.3 Å². The van der Waals surface area contributed by atoms with Crippen LogP contribution in [-0.4, -0.2) is 24.5 Å². The minimum absolute atomic E-state index is 0.427. The fraction of sp³-hybridized carbons (Fsp3) is 0.625. The lowest BCUT2D eigenvalue weighted by Gasteiger charge is -2.22. The summed E-state index contributed by atoms with van der Waals surface area (Å²) in [4.78, 5) is 31.0. The van der Waals surface area contributed by atoms with E-state index in [-0.39, 0.29) is 0 Å². The second-order valence-corrected chi connectivity index (χ2v) is 2.69. The number of carbonyl (C=O) groups is 1. The number of hydrogen-bond donors (Lipinski definition) is 0. The first-order chi connectivity index (χ1) is 6.34. The lowest BCUT2D eigenvalue weighted by Crippen LogP contribution is -2.42. The fourth-order valence-corrected chi connectivity index (χ4v) is 0.915. The first-order valence-electron chi connectivity index (χ1n) is 3.70. The Morgan fingerprint density at radius 3 is 2.00 bits per heavy atom. The number of alkyl halides is 3. The number of ketones is 1. The van der Waals surface area contributed by atoms with E-state index in [0.29, 0.717) is 0 Å². The molecule has 78 valence electrons. The van der Waals surface area contributed by atoms with Crippen LogP contribution in [0.5, 0.6) is 0 Å². The third-order valence-electron chi connectivity index (χ3n) is 1.86. The molecule has 0 aliphatic rings. The maximum Gasteiger partial charge on any atom is 0.451 e. The summed E-state index contributed by atoms with van der Waals surface area (Å²) >= 11 is 0. The summed E-state index contributed by atoms with van der Waals surface area (Å²) in [6.07, 6.45) is -4.35. The molecule has 0 aromatic carbocycles. The van der Waals surface area contributed by atoms with Crippen molar-refractivity contribution in [2.75, 3.05) is 0 Å². The van der Waals surface area contributed by atoms with Crippen LogP contribution in [0.15, 0.2) is 0 Å². The summed E-state index contributed by atoms with van der Waals surface area (Å²) in [6.45, 7) is 1.20. The van der Waals surface area contributed by atoms with Gasteiger partial charge in [0.25, 0.3) is 5.78 Å². The fourth-order valence-electron chi connectivity index (χ4n) is 0.915. The van der Waals surface area contributed by atoms with Crippen molar-refractivity contribution in [2.24, 2.45) is 5.41 Å². The summed E-state index contributed by atoms with van der Waals surface area (Å²) in [7, 11) is 0. The van der Waals surface area contributed by atoms with Gasteiger partial charge in [0, 0.05) is 6.42 Å². The molecule has 0 spiro atoms. The van der Waals surface area contributed by atoms with Crippen molar-refractivity contribution in [1.29, 1.82) is 0 Å². The van der Waals surface area contributed by atoms with Crippen LogP contribution < -0.4 is 0 Å². The maximum atomic E-state index is 12.0. The van der Waals surface area contributed by atoms with E-state index in [0.717, 1.165) is 12.6 Å². The number of carbonyl (C=O) groups excluding carboxylic acids is 3. The zero-order chi connectivity index (χ0) is 11.4. The molecule has 0 aromatic heterocycles. The Balaban J connectivity index is 5.09. The minimum Gasteiger partial charge on any atom is -0.291 e. The van der Waals surface area contributed by atoms with Crippen molar-refractivity contribution >= 4 is 18.4 Å². The van der Waals surface area contributed by atoms with E-state index < -0.39 is 30.2 Å². The van der Waals surface area contributed by atoms with Gasteiger partial charge >= 0.3 is 6.18 Å². The van der Waals surface area contributed by atoms with Crippen LogP contribution in [0.2, 0.25) is 0 Å². The van der Waals surface area contributed by atoms with Gasteiger partial charge in [-0.3, -0.25) is 14.4 Å². The molecule has 0 aromatic rings. The molecule has 1 unspecified atom stereocenters. The SMILES string of the molecule is CCC([C]=O)(C[C]=O)C(=O)C(F)(F)F. The van der Waals surface area contributed by atoms with Crippen molar-refractivity contribution < 1.29 is 27.6 Å². The molecule has 1 atom stereocenters. The van der Waals surface area contributed by atoms with E-state index in [1.165, 1.54) is 6.92 Å². The van der Waals surface area contributed by atoms with Gasteiger partial charge in [-0.05, 0) is 6.42 Å². The summed E-state index contributed by atoms with van der Waals surface area (Å²) in [6, 6.07) is 0. The second-order valence-electron chi connectivity index (χ2n) is 2.69. The van der Waals surface area contributed by atoms with Crippen molar-refractivity contribution in [1.82, 2.24) is 0 Å². The van der Waals surface area contributed by atoms with Crippen LogP contribution in [0.4, 0.5) is 13.2 Å². The van der Waals surface area contributed by atoms with E-state index in [1.807, 2.05) is 0 Å². The van der Waals surface area contributed by atoms with Crippen molar-refractivity contribution in [3.63, 3.8) is 0 Å². The minimum atomic E-state index is -5.13. The predicted octanol–water partition coefficient (Wildman–Crippen LogP) is 1.12. The highest BCUT2D eigenvalue weighted by molar-refractivity contribution is 6.03. The summed E-state index contributed by atoms with van der Waals surface area (Å²) < 4.78 is 35.9. The van der Waals surface area contributed by atoms with E-state index in [2.05, 4.69) is 0 Å². The smallest absolute Gasteiger partial charge is 0.291 e. The third-order valence-corrected chi connectivity index (χ3v) is 1.86. The molecule has 0 saturated carbocycles. The number of halogens is 3. The number of rotatable bonds is 5. The maximum absolute atomic E-state index is 12.0. The molecule has 0 aliphatic heterocycles. The van der Waals surface area contributed by atoms with Gasteiger partial charge in [-0.15, -0.1) is 0 Å². The molecule has 0 N–H and O–H groups in total. The first kappa shape index (κ1) is 12.8. The zero-order valence-electron chi connectivity index (χ0n) is 7.27. The predicted molar refractivity (Wildman–Crippen MR) is 39.8 cm³/mol. The van der Waals surface area contributed by atoms with Crippen LogP contribution >= 0.6 is 0 Å². The molecular weight excluding hydrogens is 201 g/mol. The Kier molecular flexibility index (Phi) is 3.97. The molecular formula is C8H7F3O3. The highest BCUT2D eigenvalue weighted by atomic mass is 19.4. The van der Waals surface area contributed by atoms with Gasteiger partial charge in [-0.25, -0.2) is 0 Å². The lowest BCUT2D eigenvalue weighted by atomic mass is 9.79. The normalized spacial score (nSPS) is 15.7. The number of Topliss-reactive ketones (excluding diaryl/α,β-unsaturated/α-hetero) is 1. The number of hydrogen-bond acceptors (Lipinski definition) is 3. The topological polar surface area (TPSA) is 51.2 Å². The average Bonchev–Trinajstić information content (AvgIpc) is 2.12. The van der Waals surface area contributed by atoms with Crippen LogP contribution in [0.25, 0.3) is 0 Å². The Morgan fingerprint density at radius 1 is 1.29 bits per heavy atom. The molecule has 0 rings (SSSR count). The Hall–Kier alpha value is -1.20. The summed E-state index contributed by atoms with van der Waals surface area (Å²) in [5, 5.41) is 0. The van der Waals surface area contributed by atoms with E-state index >= 15 is 0 Å². The van der Waals surface area contributed by atoms with Gasteiger partial charge in [0.1, 0.15) is 5.41 Å². The van der Waals surface area contributed by atoms with Crippen LogP contribution in [-0.2, 0) is 14.4 Å². The third kappa shape index (κ3) is 2.40. The monoisotopic (exact) mass is 208 g/mol. The first-order valence-corrected chi connectivity index (χ1v) is 3.70. The highest BCUT2D eigenvalue weighted by Crippen LogP contribution is 2.33. The van der Waals surface area contributed by atoms with E-state index in [1.54, 1.807) is 0 Å². The van der Waals surface area contributed by atoms with E-state index in [4.69, 9.17) is 0 Å². The molecule has 0 fully saturated rings. The Morgan fingerprint density at radius 2 is 1.79 bits per heavy atom. The molecule has 6 heteroatoms. The van der Waals surface area contributed by atoms with Gasteiger partial charge in [-0.1, -0.05) is 6.92 Å². The largest absolute Gasteiger partial charge is 0.451 e. The molecule has 0 heterocycles. The zero-order valence-corrected chi connectivity index (χ0v) is 7.27. The molecule has 2 radical (unpaired) electrons. The average molecular weight is 208 g/mol. The van der Waals surface area contributed by atoms with Crippen LogP contribution in [0.3, 0.4) is 0 Å². The standard InChI is InChI=1S/C8H7F3O3/c1-2-7(5-13,3-4-12)6(14)8(9,10)11/h2-3H2,1H3. The molecule has 14 heavy (non-hydrogen) atoms. The van der Waals surface area contributed by atoms with Crippen LogP contribution in [0, 0.1) is 5.41 Å². The van der Waals surface area contributed by atoms with Gasteiger partial charge in [0.05, 0.1) is 0 Å². The Bertz CT molecular complexity index is 247. The lowest BCUT2D eigenvalue weighted by molar-refractivity contribution is -0.178. The van der Waals surface area contributed by atoms with Gasteiger partial charge in [0.2, 0.25) is 6.29 Å². The van der Waals surface area contributed by atoms with Crippen molar-refractivity contribution in [3.8, 4) is 0 Å². The van der Waals surface area contributed by atoms with Gasteiger partial charge in [-0.2, -0.15) is 13.2 Å².